The largest absolute Gasteiger partial charge is 0.760 e. The van der Waals surface area contributed by atoms with Gasteiger partial charge in [0.2, 0.25) is 0 Å². The van der Waals surface area contributed by atoms with E-state index in [1.165, 1.54) is 36.3 Å². The number of benzene rings is 2. The van der Waals surface area contributed by atoms with Gasteiger partial charge >= 0.3 is 0 Å². The maximum atomic E-state index is 10.6. The maximum absolute atomic E-state index is 10.6. The molecule has 7 heteroatoms. The highest BCUT2D eigenvalue weighted by molar-refractivity contribution is 7.77. The molecule has 3 atom stereocenters. The monoisotopic (exact) mass is 454 g/mol. The maximum Gasteiger partial charge on any atom is 0.123 e. The molecule has 1 N–H and O–H groups in total. The van der Waals surface area contributed by atoms with Crippen molar-refractivity contribution in [2.45, 2.75) is 37.6 Å². The van der Waals surface area contributed by atoms with E-state index in [9.17, 15) is 8.76 Å². The van der Waals surface area contributed by atoms with Gasteiger partial charge in [0.25, 0.3) is 0 Å². The molecule has 2 aromatic rings. The quantitative estimate of drug-likeness (QED) is 0.466. The molecule has 0 aromatic heterocycles. The Hall–Kier alpha value is -1.93. The minimum absolute atomic E-state index is 0.440. The topological polar surface area (TPSA) is 67.9 Å². The highest BCUT2D eigenvalue weighted by Crippen LogP contribution is 2.42. The Morgan fingerprint density at radius 3 is 2.66 bits per heavy atom. The molecule has 6 nitrogen and oxygen atoms in total. The van der Waals surface area contributed by atoms with Gasteiger partial charge in [0, 0.05) is 48.1 Å². The first kappa shape index (κ1) is 21.9. The van der Waals surface area contributed by atoms with Gasteiger partial charge in [-0.1, -0.05) is 30.3 Å². The highest BCUT2D eigenvalue weighted by Gasteiger charge is 2.38. The SMILES string of the molecule is O=S([O-])NCCCC1CN(c2ccc3c(c2)C(Cc2ccccc2)C(N2CCC2)CO3)C1. The van der Waals surface area contributed by atoms with Crippen molar-refractivity contribution < 1.29 is 13.5 Å². The summed E-state index contributed by atoms with van der Waals surface area (Å²) in [6, 6.07) is 18.0. The molecule has 0 bridgehead atoms. The van der Waals surface area contributed by atoms with Crippen LogP contribution < -0.4 is 14.4 Å². The zero-order valence-corrected chi connectivity index (χ0v) is 19.3. The van der Waals surface area contributed by atoms with Gasteiger partial charge in [-0.25, -0.2) is 4.72 Å². The number of rotatable bonds is 9. The lowest BCUT2D eigenvalue weighted by Crippen LogP contribution is -2.52. The van der Waals surface area contributed by atoms with Crippen molar-refractivity contribution in [3.05, 3.63) is 59.7 Å². The fourth-order valence-corrected chi connectivity index (χ4v) is 5.62. The van der Waals surface area contributed by atoms with Gasteiger partial charge in [0.05, 0.1) is 6.04 Å². The molecule has 5 rings (SSSR count). The molecule has 0 amide bonds. The lowest BCUT2D eigenvalue weighted by molar-refractivity contribution is 0.0502. The second-order valence-corrected chi connectivity index (χ2v) is 10.1. The smallest absolute Gasteiger partial charge is 0.123 e. The molecule has 172 valence electrons. The zero-order valence-electron chi connectivity index (χ0n) is 18.4. The Labute approximate surface area is 193 Å². The Balaban J connectivity index is 1.28. The van der Waals surface area contributed by atoms with Crippen molar-refractivity contribution in [1.29, 1.82) is 0 Å². The summed E-state index contributed by atoms with van der Waals surface area (Å²) in [5.41, 5.74) is 4.02. The summed E-state index contributed by atoms with van der Waals surface area (Å²) in [5.74, 6) is 2.12. The molecular formula is C25H32N3O3S-. The molecule has 0 saturated carbocycles. The summed E-state index contributed by atoms with van der Waals surface area (Å²) in [7, 11) is 0. The van der Waals surface area contributed by atoms with Gasteiger partial charge in [-0.05, 0) is 68.5 Å². The standard InChI is InChI=1S/C25H33N3O3S/c29-32(30)26-11-4-8-20-16-28(17-20)21-9-10-25-23(15-21)22(14-19-6-2-1-3-7-19)24(18-31-25)27-12-5-13-27/h1-3,6-7,9-10,15,20,22,24,26H,4-5,8,11-14,16-18H2,(H,29,30)/p-1. The third kappa shape index (κ3) is 4.86. The van der Waals surface area contributed by atoms with Crippen LogP contribution in [-0.2, 0) is 17.7 Å². The van der Waals surface area contributed by atoms with Gasteiger partial charge in [0.1, 0.15) is 12.4 Å². The number of fused-ring (bicyclic) bond motifs is 1. The zero-order chi connectivity index (χ0) is 21.9. The van der Waals surface area contributed by atoms with Crippen LogP contribution in [0, 0.1) is 5.92 Å². The van der Waals surface area contributed by atoms with E-state index in [-0.39, 0.29) is 0 Å². The van der Waals surface area contributed by atoms with Crippen molar-refractivity contribution in [2.24, 2.45) is 5.92 Å². The van der Waals surface area contributed by atoms with E-state index in [1.54, 1.807) is 0 Å². The van der Waals surface area contributed by atoms with E-state index in [0.717, 1.165) is 44.7 Å². The number of nitrogens with one attached hydrogen (secondary N) is 1. The van der Waals surface area contributed by atoms with Crippen molar-refractivity contribution in [3.63, 3.8) is 0 Å². The van der Waals surface area contributed by atoms with Crippen LogP contribution in [0.3, 0.4) is 0 Å². The van der Waals surface area contributed by atoms with Gasteiger partial charge in [-0.15, -0.1) is 0 Å². The number of hydrogen-bond donors (Lipinski definition) is 1. The lowest BCUT2D eigenvalue weighted by atomic mass is 9.81. The molecule has 0 spiro atoms. The van der Waals surface area contributed by atoms with E-state index in [1.807, 2.05) is 0 Å². The summed E-state index contributed by atoms with van der Waals surface area (Å²) in [5, 5.41) is 0. The van der Waals surface area contributed by atoms with Crippen LogP contribution in [0.5, 0.6) is 5.75 Å². The van der Waals surface area contributed by atoms with E-state index in [2.05, 4.69) is 63.1 Å². The summed E-state index contributed by atoms with van der Waals surface area (Å²) in [4.78, 5) is 5.03. The first-order chi connectivity index (χ1) is 15.7. The molecule has 3 unspecified atom stereocenters. The predicted octanol–water partition coefficient (Wildman–Crippen LogP) is 3.08. The van der Waals surface area contributed by atoms with Crippen LogP contribution in [-0.4, -0.2) is 59.0 Å². The Morgan fingerprint density at radius 2 is 1.94 bits per heavy atom. The highest BCUT2D eigenvalue weighted by atomic mass is 32.2. The van der Waals surface area contributed by atoms with Crippen molar-refractivity contribution in [3.8, 4) is 5.75 Å². The third-order valence-corrected chi connectivity index (χ3v) is 7.70. The summed E-state index contributed by atoms with van der Waals surface area (Å²) < 4.78 is 29.9. The molecule has 3 heterocycles. The Bertz CT molecular complexity index is 931. The Kier molecular flexibility index (Phi) is 6.78. The number of likely N-dealkylation sites (tertiary alicyclic amines) is 1. The molecule has 2 aromatic carbocycles. The second kappa shape index (κ2) is 9.91. The number of nitrogens with zero attached hydrogens (tertiary/aromatic N) is 2. The average molecular weight is 455 g/mol. The summed E-state index contributed by atoms with van der Waals surface area (Å²) in [6.07, 6.45) is 4.28. The number of anilines is 1. The van der Waals surface area contributed by atoms with Crippen molar-refractivity contribution in [1.82, 2.24) is 9.62 Å². The van der Waals surface area contributed by atoms with Gasteiger partial charge in [0.15, 0.2) is 0 Å². The fraction of sp³-hybridized carbons (Fsp3) is 0.520. The molecule has 2 saturated heterocycles. The minimum atomic E-state index is -2.15. The molecular weight excluding hydrogens is 422 g/mol. The van der Waals surface area contributed by atoms with Gasteiger partial charge in [-0.3, -0.25) is 9.11 Å². The van der Waals surface area contributed by atoms with Crippen LogP contribution in [0.15, 0.2) is 48.5 Å². The molecule has 32 heavy (non-hydrogen) atoms. The average Bonchev–Trinajstić information content (AvgIpc) is 2.73. The lowest BCUT2D eigenvalue weighted by Gasteiger charge is -2.46. The molecule has 3 aliphatic heterocycles. The summed E-state index contributed by atoms with van der Waals surface area (Å²) in [6.45, 7) is 5.74. The Morgan fingerprint density at radius 1 is 1.12 bits per heavy atom. The fourth-order valence-electron chi connectivity index (χ4n) is 5.31. The van der Waals surface area contributed by atoms with Crippen LogP contribution in [0.2, 0.25) is 0 Å². The predicted molar refractivity (Wildman–Crippen MR) is 127 cm³/mol. The second-order valence-electron chi connectivity index (χ2n) is 9.33. The minimum Gasteiger partial charge on any atom is -0.760 e. The van der Waals surface area contributed by atoms with Crippen LogP contribution in [0.25, 0.3) is 0 Å². The van der Waals surface area contributed by atoms with E-state index < -0.39 is 11.3 Å². The van der Waals surface area contributed by atoms with Crippen LogP contribution >= 0.6 is 0 Å². The normalized spacial score (nSPS) is 24.2. The number of ether oxygens (including phenoxy) is 1. The van der Waals surface area contributed by atoms with Crippen molar-refractivity contribution >= 4 is 17.0 Å². The molecule has 3 aliphatic rings. The van der Waals surface area contributed by atoms with E-state index in [4.69, 9.17) is 4.74 Å². The summed E-state index contributed by atoms with van der Waals surface area (Å²) >= 11 is -2.15. The first-order valence-electron chi connectivity index (χ1n) is 11.8. The number of hydrogen-bond acceptors (Lipinski definition) is 5. The van der Waals surface area contributed by atoms with E-state index >= 15 is 0 Å². The van der Waals surface area contributed by atoms with Gasteiger partial charge < -0.3 is 14.2 Å². The van der Waals surface area contributed by atoms with Crippen molar-refractivity contribution in [2.75, 3.05) is 44.2 Å². The molecule has 0 aliphatic carbocycles. The van der Waals surface area contributed by atoms with E-state index in [0.29, 0.717) is 24.4 Å². The van der Waals surface area contributed by atoms with Gasteiger partial charge in [-0.2, -0.15) is 0 Å². The third-order valence-electron chi connectivity index (χ3n) is 7.26. The first-order valence-corrected chi connectivity index (χ1v) is 12.9. The molecule has 2 fully saturated rings. The van der Waals surface area contributed by atoms with Crippen LogP contribution in [0.1, 0.15) is 36.3 Å². The van der Waals surface area contributed by atoms with Crippen LogP contribution in [0.4, 0.5) is 5.69 Å². The molecule has 0 radical (unpaired) electrons.